The van der Waals surface area contributed by atoms with Crippen LogP contribution in [0.15, 0.2) is 24.7 Å². The summed E-state index contributed by atoms with van der Waals surface area (Å²) in [6, 6.07) is 1.47. The van der Waals surface area contributed by atoms with E-state index < -0.39 is 6.10 Å². The average Bonchev–Trinajstić information content (AvgIpc) is 2.59. The minimum atomic E-state index is -0.739. The molecule has 0 aliphatic heterocycles. The second-order valence-electron chi connectivity index (χ2n) is 3.30. The van der Waals surface area contributed by atoms with Crippen LogP contribution in [-0.2, 0) is 0 Å². The van der Waals surface area contributed by atoms with Crippen LogP contribution in [0.2, 0.25) is 0 Å². The first-order valence-electron chi connectivity index (χ1n) is 4.42. The van der Waals surface area contributed by atoms with E-state index in [2.05, 4.69) is 9.97 Å². The van der Waals surface area contributed by atoms with E-state index >= 15 is 0 Å². The van der Waals surface area contributed by atoms with Gasteiger partial charge in [0.1, 0.15) is 6.10 Å². The fourth-order valence-electron chi connectivity index (χ4n) is 1.26. The Balaban J connectivity index is 2.45. The summed E-state index contributed by atoms with van der Waals surface area (Å²) in [6.07, 6.45) is 4.48. The Labute approximate surface area is 81.2 Å². The molecule has 2 aromatic heterocycles. The largest absolute Gasteiger partial charge is 0.385 e. The number of aliphatic hydroxyl groups is 1. The van der Waals surface area contributed by atoms with Gasteiger partial charge in [0.05, 0.1) is 5.69 Å². The Morgan fingerprint density at radius 2 is 2.36 bits per heavy atom. The van der Waals surface area contributed by atoms with Crippen molar-refractivity contribution in [1.82, 2.24) is 14.4 Å². The molecule has 3 N–H and O–H groups in total. The van der Waals surface area contributed by atoms with E-state index in [-0.39, 0.29) is 6.04 Å². The smallest absolute Gasteiger partial charge is 0.234 e. The molecular formula is C9H12N4O. The topological polar surface area (TPSA) is 76.4 Å². The molecule has 2 rings (SSSR count). The SMILES string of the molecule is CC(N)C(O)c1cn2cccnc2n1. The molecule has 0 radical (unpaired) electrons. The fraction of sp³-hybridized carbons (Fsp3) is 0.333. The summed E-state index contributed by atoms with van der Waals surface area (Å²) in [4.78, 5) is 8.20. The Morgan fingerprint density at radius 3 is 3.00 bits per heavy atom. The molecule has 0 saturated carbocycles. The third-order valence-electron chi connectivity index (χ3n) is 2.06. The summed E-state index contributed by atoms with van der Waals surface area (Å²) in [5.41, 5.74) is 6.12. The van der Waals surface area contributed by atoms with Gasteiger partial charge < -0.3 is 10.8 Å². The monoisotopic (exact) mass is 192 g/mol. The first kappa shape index (κ1) is 9.11. The van der Waals surface area contributed by atoms with Crippen molar-refractivity contribution in [2.75, 3.05) is 0 Å². The molecule has 2 heterocycles. The van der Waals surface area contributed by atoms with Gasteiger partial charge >= 0.3 is 0 Å². The molecule has 0 bridgehead atoms. The van der Waals surface area contributed by atoms with Gasteiger partial charge in [-0.1, -0.05) is 0 Å². The fourth-order valence-corrected chi connectivity index (χ4v) is 1.26. The van der Waals surface area contributed by atoms with Crippen LogP contribution >= 0.6 is 0 Å². The zero-order chi connectivity index (χ0) is 10.1. The highest BCUT2D eigenvalue weighted by Gasteiger charge is 2.15. The average molecular weight is 192 g/mol. The number of nitrogens with two attached hydrogens (primary N) is 1. The molecule has 0 aromatic carbocycles. The molecule has 2 unspecified atom stereocenters. The van der Waals surface area contributed by atoms with E-state index in [0.717, 1.165) is 0 Å². The maximum atomic E-state index is 9.67. The number of aromatic nitrogens is 3. The maximum absolute atomic E-state index is 9.67. The van der Waals surface area contributed by atoms with Crippen molar-refractivity contribution >= 4 is 5.78 Å². The summed E-state index contributed by atoms with van der Waals surface area (Å²) in [6.45, 7) is 1.74. The van der Waals surface area contributed by atoms with Gasteiger partial charge in [-0.2, -0.15) is 0 Å². The molecule has 5 nitrogen and oxygen atoms in total. The van der Waals surface area contributed by atoms with E-state index in [9.17, 15) is 5.11 Å². The molecule has 0 amide bonds. The molecule has 0 aliphatic rings. The lowest BCUT2D eigenvalue weighted by Crippen LogP contribution is -2.24. The zero-order valence-corrected chi connectivity index (χ0v) is 7.83. The Bertz CT molecular complexity index is 404. The number of imidazole rings is 1. The number of rotatable bonds is 2. The molecule has 74 valence electrons. The van der Waals surface area contributed by atoms with Crippen LogP contribution in [0.1, 0.15) is 18.7 Å². The van der Waals surface area contributed by atoms with Gasteiger partial charge in [0.25, 0.3) is 0 Å². The predicted molar refractivity (Wildman–Crippen MR) is 51.6 cm³/mol. The summed E-state index contributed by atoms with van der Waals surface area (Å²) in [7, 11) is 0. The van der Waals surface area contributed by atoms with Crippen LogP contribution in [0.4, 0.5) is 0 Å². The number of fused-ring (bicyclic) bond motifs is 1. The van der Waals surface area contributed by atoms with Crippen LogP contribution in [0.25, 0.3) is 5.78 Å². The van der Waals surface area contributed by atoms with E-state index in [4.69, 9.17) is 5.73 Å². The minimum Gasteiger partial charge on any atom is -0.385 e. The highest BCUT2D eigenvalue weighted by Crippen LogP contribution is 2.14. The molecule has 2 atom stereocenters. The van der Waals surface area contributed by atoms with Crippen molar-refractivity contribution in [3.63, 3.8) is 0 Å². The standard InChI is InChI=1S/C9H12N4O/c1-6(10)8(14)7-5-13-4-2-3-11-9(13)12-7/h2-6,8,14H,10H2,1H3. The van der Waals surface area contributed by atoms with E-state index in [1.165, 1.54) is 0 Å². The summed E-state index contributed by atoms with van der Waals surface area (Å²) in [5, 5.41) is 9.67. The lowest BCUT2D eigenvalue weighted by atomic mass is 10.1. The van der Waals surface area contributed by atoms with Crippen molar-refractivity contribution in [2.45, 2.75) is 19.1 Å². The number of hydrogen-bond acceptors (Lipinski definition) is 4. The molecule has 2 aromatic rings. The molecule has 0 aliphatic carbocycles. The molecule has 0 saturated heterocycles. The van der Waals surface area contributed by atoms with Gasteiger partial charge in [0.15, 0.2) is 0 Å². The minimum absolute atomic E-state index is 0.333. The predicted octanol–water partition coefficient (Wildman–Crippen LogP) is 0.110. The van der Waals surface area contributed by atoms with E-state index in [1.54, 1.807) is 29.8 Å². The van der Waals surface area contributed by atoms with Crippen molar-refractivity contribution < 1.29 is 5.11 Å². The van der Waals surface area contributed by atoms with Gasteiger partial charge in [-0.25, -0.2) is 9.97 Å². The first-order chi connectivity index (χ1) is 6.68. The van der Waals surface area contributed by atoms with Gasteiger partial charge in [-0.15, -0.1) is 0 Å². The molecule has 0 spiro atoms. The maximum Gasteiger partial charge on any atom is 0.234 e. The van der Waals surface area contributed by atoms with Crippen molar-refractivity contribution in [1.29, 1.82) is 0 Å². The first-order valence-corrected chi connectivity index (χ1v) is 4.42. The number of nitrogens with zero attached hydrogens (tertiary/aromatic N) is 3. The van der Waals surface area contributed by atoms with Gasteiger partial charge in [0.2, 0.25) is 5.78 Å². The normalized spacial score (nSPS) is 15.6. The van der Waals surface area contributed by atoms with Gasteiger partial charge in [0, 0.05) is 24.6 Å². The lowest BCUT2D eigenvalue weighted by molar-refractivity contribution is 0.149. The third kappa shape index (κ3) is 1.47. The van der Waals surface area contributed by atoms with Crippen molar-refractivity contribution in [2.24, 2.45) is 5.73 Å². The van der Waals surface area contributed by atoms with Crippen molar-refractivity contribution in [3.05, 3.63) is 30.4 Å². The highest BCUT2D eigenvalue weighted by atomic mass is 16.3. The third-order valence-corrected chi connectivity index (χ3v) is 2.06. The Hall–Kier alpha value is -1.46. The van der Waals surface area contributed by atoms with Crippen LogP contribution in [0, 0.1) is 0 Å². The quantitative estimate of drug-likeness (QED) is 0.708. The summed E-state index contributed by atoms with van der Waals surface area (Å²) < 4.78 is 1.75. The van der Waals surface area contributed by atoms with Gasteiger partial charge in [-0.3, -0.25) is 4.40 Å². The van der Waals surface area contributed by atoms with Crippen LogP contribution in [0.3, 0.4) is 0 Å². The number of hydrogen-bond donors (Lipinski definition) is 2. The second kappa shape index (κ2) is 3.36. The number of aliphatic hydroxyl groups excluding tert-OH is 1. The Kier molecular flexibility index (Phi) is 2.18. The molecule has 0 fully saturated rings. The molecule has 14 heavy (non-hydrogen) atoms. The summed E-state index contributed by atoms with van der Waals surface area (Å²) in [5.74, 6) is 0.571. The highest BCUT2D eigenvalue weighted by molar-refractivity contribution is 5.30. The van der Waals surface area contributed by atoms with E-state index in [0.29, 0.717) is 11.5 Å². The Morgan fingerprint density at radius 1 is 1.57 bits per heavy atom. The summed E-state index contributed by atoms with van der Waals surface area (Å²) >= 11 is 0. The van der Waals surface area contributed by atoms with Crippen molar-refractivity contribution in [3.8, 4) is 0 Å². The van der Waals surface area contributed by atoms with Crippen LogP contribution < -0.4 is 5.73 Å². The molecular weight excluding hydrogens is 180 g/mol. The van der Waals surface area contributed by atoms with Crippen LogP contribution in [0.5, 0.6) is 0 Å². The van der Waals surface area contributed by atoms with Gasteiger partial charge in [-0.05, 0) is 13.0 Å². The van der Waals surface area contributed by atoms with Crippen LogP contribution in [-0.4, -0.2) is 25.5 Å². The second-order valence-corrected chi connectivity index (χ2v) is 3.30. The lowest BCUT2D eigenvalue weighted by Gasteiger charge is -2.10. The van der Waals surface area contributed by atoms with E-state index in [1.807, 2.05) is 6.20 Å². The zero-order valence-electron chi connectivity index (χ0n) is 7.83. The molecule has 5 heteroatoms.